The van der Waals surface area contributed by atoms with Gasteiger partial charge in [-0.1, -0.05) is 15.9 Å². The maximum Gasteiger partial charge on any atom is 0.340 e. The van der Waals surface area contributed by atoms with E-state index in [1.54, 1.807) is 19.9 Å². The van der Waals surface area contributed by atoms with Gasteiger partial charge in [-0.05, 0) is 51.0 Å². The van der Waals surface area contributed by atoms with E-state index >= 15 is 0 Å². The predicted molar refractivity (Wildman–Crippen MR) is 97.3 cm³/mol. The van der Waals surface area contributed by atoms with Crippen LogP contribution >= 0.6 is 15.9 Å². The van der Waals surface area contributed by atoms with Crippen molar-refractivity contribution in [1.82, 2.24) is 4.98 Å². The van der Waals surface area contributed by atoms with Crippen LogP contribution in [0.1, 0.15) is 40.7 Å². The fourth-order valence-electron chi connectivity index (χ4n) is 2.62. The van der Waals surface area contributed by atoms with Crippen LogP contribution in [0.15, 0.2) is 22.7 Å². The van der Waals surface area contributed by atoms with E-state index in [2.05, 4.69) is 26.2 Å². The Morgan fingerprint density at radius 2 is 2.04 bits per heavy atom. The molecule has 0 radical (unpaired) electrons. The Labute approximate surface area is 154 Å². The molecule has 7 heteroatoms. The normalized spacial score (nSPS) is 10.6. The summed E-state index contributed by atoms with van der Waals surface area (Å²) < 4.78 is 19.4. The van der Waals surface area contributed by atoms with Gasteiger partial charge in [0.1, 0.15) is 5.82 Å². The molecular weight excluding hydrogens is 391 g/mol. The van der Waals surface area contributed by atoms with Gasteiger partial charge in [0.15, 0.2) is 0 Å². The molecule has 1 aromatic carbocycles. The molecule has 0 saturated heterocycles. The van der Waals surface area contributed by atoms with E-state index in [-0.39, 0.29) is 24.0 Å². The lowest BCUT2D eigenvalue weighted by Crippen LogP contribution is -2.13. The van der Waals surface area contributed by atoms with E-state index in [1.165, 1.54) is 12.1 Å². The van der Waals surface area contributed by atoms with Crippen LogP contribution in [0.5, 0.6) is 0 Å². The fraction of sp³-hybridized carbons (Fsp3) is 0.333. The van der Waals surface area contributed by atoms with Gasteiger partial charge in [0.25, 0.3) is 0 Å². The molecule has 0 bridgehead atoms. The number of benzene rings is 1. The molecule has 1 amide bonds. The van der Waals surface area contributed by atoms with E-state index in [4.69, 9.17) is 4.74 Å². The largest absolute Gasteiger partial charge is 0.462 e. The van der Waals surface area contributed by atoms with Crippen molar-refractivity contribution < 1.29 is 18.7 Å². The van der Waals surface area contributed by atoms with Gasteiger partial charge in [-0.15, -0.1) is 0 Å². The molecule has 25 heavy (non-hydrogen) atoms. The zero-order chi connectivity index (χ0) is 18.6. The Bertz CT molecular complexity index is 802. The minimum absolute atomic E-state index is 0.139. The molecule has 5 nitrogen and oxygen atoms in total. The average Bonchev–Trinajstić information content (AvgIpc) is 2.82. The highest BCUT2D eigenvalue weighted by atomic mass is 79.9. The number of ether oxygens (including phenoxy) is 1. The third-order valence-electron chi connectivity index (χ3n) is 3.83. The number of aromatic amines is 1. The van der Waals surface area contributed by atoms with Crippen LogP contribution in [-0.2, 0) is 16.0 Å². The summed E-state index contributed by atoms with van der Waals surface area (Å²) in [6.07, 6.45) is 0.578. The van der Waals surface area contributed by atoms with Crippen LogP contribution in [-0.4, -0.2) is 23.5 Å². The molecule has 2 rings (SSSR count). The van der Waals surface area contributed by atoms with Gasteiger partial charge < -0.3 is 15.0 Å². The molecule has 2 N–H and O–H groups in total. The zero-order valence-electron chi connectivity index (χ0n) is 14.3. The van der Waals surface area contributed by atoms with E-state index in [9.17, 15) is 14.0 Å². The third kappa shape index (κ3) is 4.69. The summed E-state index contributed by atoms with van der Waals surface area (Å²) in [5, 5.41) is 2.55. The minimum atomic E-state index is -0.501. The summed E-state index contributed by atoms with van der Waals surface area (Å²) in [5.41, 5.74) is 2.94. The molecule has 0 saturated carbocycles. The molecule has 0 unspecified atom stereocenters. The van der Waals surface area contributed by atoms with Crippen molar-refractivity contribution in [2.45, 2.75) is 33.6 Å². The van der Waals surface area contributed by atoms with E-state index in [1.807, 2.05) is 6.92 Å². The van der Waals surface area contributed by atoms with Crippen LogP contribution in [0.25, 0.3) is 0 Å². The molecule has 0 aliphatic heterocycles. The van der Waals surface area contributed by atoms with Gasteiger partial charge in [0, 0.05) is 22.3 Å². The smallest absolute Gasteiger partial charge is 0.340 e. The summed E-state index contributed by atoms with van der Waals surface area (Å²) in [6.45, 7) is 5.67. The lowest BCUT2D eigenvalue weighted by atomic mass is 10.1. The van der Waals surface area contributed by atoms with Crippen molar-refractivity contribution in [3.63, 3.8) is 0 Å². The number of esters is 1. The molecular formula is C18H20BrFN2O3. The average molecular weight is 411 g/mol. The highest BCUT2D eigenvalue weighted by Crippen LogP contribution is 2.22. The first kappa shape index (κ1) is 19.2. The maximum absolute atomic E-state index is 13.8. The van der Waals surface area contributed by atoms with Gasteiger partial charge in [0.05, 0.1) is 17.9 Å². The van der Waals surface area contributed by atoms with Crippen molar-refractivity contribution in [2.75, 3.05) is 11.9 Å². The van der Waals surface area contributed by atoms with Crippen LogP contribution in [0.3, 0.4) is 0 Å². The number of rotatable bonds is 6. The van der Waals surface area contributed by atoms with Crippen molar-refractivity contribution in [3.05, 3.63) is 51.0 Å². The minimum Gasteiger partial charge on any atom is -0.462 e. The second-order valence-electron chi connectivity index (χ2n) is 5.62. The Balaban J connectivity index is 2.02. The van der Waals surface area contributed by atoms with Crippen LogP contribution in [0, 0.1) is 19.7 Å². The standard InChI is InChI=1S/C18H20BrFN2O3/c1-4-25-18(24)17-10(2)14(21-11(17)3)7-8-16(23)22-15-6-5-12(19)9-13(15)20/h5-6,9,21H,4,7-8H2,1-3H3,(H,22,23). The van der Waals surface area contributed by atoms with E-state index in [0.29, 0.717) is 28.8 Å². The number of H-pyrrole nitrogens is 1. The Kier molecular flexibility index (Phi) is 6.36. The summed E-state index contributed by atoms with van der Waals surface area (Å²) in [7, 11) is 0. The number of hydrogen-bond donors (Lipinski definition) is 2. The van der Waals surface area contributed by atoms with Gasteiger partial charge in [-0.2, -0.15) is 0 Å². The lowest BCUT2D eigenvalue weighted by Gasteiger charge is -2.07. The molecule has 134 valence electrons. The van der Waals surface area contributed by atoms with Gasteiger partial charge >= 0.3 is 5.97 Å². The van der Waals surface area contributed by atoms with Gasteiger partial charge in [-0.25, -0.2) is 9.18 Å². The number of amides is 1. The SMILES string of the molecule is CCOC(=O)c1c(C)[nH]c(CCC(=O)Nc2ccc(Br)cc2F)c1C. The Hall–Kier alpha value is -2.15. The second-order valence-corrected chi connectivity index (χ2v) is 6.54. The molecule has 1 heterocycles. The zero-order valence-corrected chi connectivity index (χ0v) is 15.9. The van der Waals surface area contributed by atoms with Crippen molar-refractivity contribution in [1.29, 1.82) is 0 Å². The third-order valence-corrected chi connectivity index (χ3v) is 4.32. The predicted octanol–water partition coefficient (Wildman–Crippen LogP) is 4.28. The maximum atomic E-state index is 13.8. The molecule has 2 aromatic rings. The number of aromatic nitrogens is 1. The van der Waals surface area contributed by atoms with E-state index in [0.717, 1.165) is 11.3 Å². The van der Waals surface area contributed by atoms with Crippen LogP contribution in [0.4, 0.5) is 10.1 Å². The first-order valence-electron chi connectivity index (χ1n) is 7.93. The first-order valence-corrected chi connectivity index (χ1v) is 8.72. The molecule has 0 atom stereocenters. The fourth-order valence-corrected chi connectivity index (χ4v) is 2.95. The van der Waals surface area contributed by atoms with Crippen LogP contribution < -0.4 is 5.32 Å². The second kappa shape index (κ2) is 8.29. The number of nitrogens with one attached hydrogen (secondary N) is 2. The molecule has 0 spiro atoms. The molecule has 0 aliphatic carbocycles. The number of halogens is 2. The molecule has 0 aliphatic rings. The Morgan fingerprint density at radius 3 is 2.68 bits per heavy atom. The van der Waals surface area contributed by atoms with Crippen molar-refractivity contribution >= 4 is 33.5 Å². The molecule has 0 fully saturated rings. The molecule has 1 aromatic heterocycles. The summed E-state index contributed by atoms with van der Waals surface area (Å²) in [4.78, 5) is 27.2. The number of carbonyl (C=O) groups excluding carboxylic acids is 2. The van der Waals surface area contributed by atoms with Gasteiger partial charge in [0.2, 0.25) is 5.91 Å². The highest BCUT2D eigenvalue weighted by Gasteiger charge is 2.19. The monoisotopic (exact) mass is 410 g/mol. The summed E-state index contributed by atoms with van der Waals surface area (Å²) in [5.74, 6) is -1.17. The van der Waals surface area contributed by atoms with Crippen molar-refractivity contribution in [3.8, 4) is 0 Å². The number of carbonyl (C=O) groups is 2. The van der Waals surface area contributed by atoms with Gasteiger partial charge in [-0.3, -0.25) is 4.79 Å². The number of aryl methyl sites for hydroxylation is 2. The first-order chi connectivity index (χ1) is 11.8. The van der Waals surface area contributed by atoms with Crippen LogP contribution in [0.2, 0.25) is 0 Å². The van der Waals surface area contributed by atoms with Crippen molar-refractivity contribution in [2.24, 2.45) is 0 Å². The Morgan fingerprint density at radius 1 is 1.32 bits per heavy atom. The quantitative estimate of drug-likeness (QED) is 0.697. The summed E-state index contributed by atoms with van der Waals surface area (Å²) >= 11 is 3.17. The number of anilines is 1. The highest BCUT2D eigenvalue weighted by molar-refractivity contribution is 9.10. The lowest BCUT2D eigenvalue weighted by molar-refractivity contribution is -0.116. The topological polar surface area (TPSA) is 71.2 Å². The van der Waals surface area contributed by atoms with E-state index < -0.39 is 5.82 Å². The summed E-state index contributed by atoms with van der Waals surface area (Å²) in [6, 6.07) is 4.45. The number of hydrogen-bond acceptors (Lipinski definition) is 3.